The van der Waals surface area contributed by atoms with Crippen molar-refractivity contribution in [2.24, 2.45) is 0 Å². The van der Waals surface area contributed by atoms with E-state index in [1.165, 1.54) is 16.0 Å². The fraction of sp³-hybridized carbons (Fsp3) is 0.100. The molecule has 0 aliphatic rings. The number of pyridine rings is 1. The fourth-order valence-electron chi connectivity index (χ4n) is 1.14. The molecule has 60 valence electrons. The number of aryl methyl sites for hydroxylation is 1. The third kappa shape index (κ3) is 1.38. The molecule has 0 saturated carbocycles. The quantitative estimate of drug-likeness (QED) is 0.649. The molecule has 0 spiro atoms. The van der Waals surface area contributed by atoms with E-state index >= 15 is 0 Å². The number of thiophene rings is 1. The molecule has 0 aliphatic carbocycles. The van der Waals surface area contributed by atoms with Crippen molar-refractivity contribution in [3.8, 4) is 11.1 Å². The lowest BCUT2D eigenvalue weighted by atomic mass is 10.1. The van der Waals surface area contributed by atoms with Crippen molar-refractivity contribution in [2.75, 3.05) is 0 Å². The monoisotopic (exact) mass is 175 g/mol. The van der Waals surface area contributed by atoms with Crippen molar-refractivity contribution in [3.63, 3.8) is 0 Å². The summed E-state index contributed by atoms with van der Waals surface area (Å²) in [5.41, 5.74) is 2.54. The molecule has 1 nitrogen and oxygen atoms in total. The molecule has 0 fully saturated rings. The Balaban J connectivity index is 2.45. The largest absolute Gasteiger partial charge is 0.265 e. The van der Waals surface area contributed by atoms with Crippen LogP contribution in [0.2, 0.25) is 0 Å². The molecule has 2 aromatic rings. The van der Waals surface area contributed by atoms with Crippen molar-refractivity contribution >= 4 is 11.3 Å². The van der Waals surface area contributed by atoms with Gasteiger partial charge in [0.05, 0.1) is 0 Å². The van der Waals surface area contributed by atoms with Crippen LogP contribution in [0.4, 0.5) is 0 Å². The van der Waals surface area contributed by atoms with Gasteiger partial charge in [-0.2, -0.15) is 0 Å². The molecule has 2 heteroatoms. The first kappa shape index (κ1) is 7.50. The SMILES string of the molecule is Cc1cc(-c2ccncc2)cs1. The van der Waals surface area contributed by atoms with E-state index in [-0.39, 0.29) is 0 Å². The molecule has 2 rings (SSSR count). The number of hydrogen-bond donors (Lipinski definition) is 0. The summed E-state index contributed by atoms with van der Waals surface area (Å²) in [7, 11) is 0. The lowest BCUT2D eigenvalue weighted by Crippen LogP contribution is -1.73. The summed E-state index contributed by atoms with van der Waals surface area (Å²) in [6, 6.07) is 6.25. The van der Waals surface area contributed by atoms with Crippen molar-refractivity contribution in [1.82, 2.24) is 4.98 Å². The van der Waals surface area contributed by atoms with E-state index in [4.69, 9.17) is 0 Å². The summed E-state index contributed by atoms with van der Waals surface area (Å²) in [5, 5.41) is 2.17. The average Bonchev–Trinajstić information content (AvgIpc) is 2.54. The predicted molar refractivity (Wildman–Crippen MR) is 52.3 cm³/mol. The Kier molecular flexibility index (Phi) is 1.92. The van der Waals surface area contributed by atoms with Crippen LogP contribution in [0.15, 0.2) is 36.0 Å². The van der Waals surface area contributed by atoms with Crippen LogP contribution in [0.1, 0.15) is 4.88 Å². The average molecular weight is 175 g/mol. The summed E-state index contributed by atoms with van der Waals surface area (Å²) in [5.74, 6) is 0. The van der Waals surface area contributed by atoms with Crippen LogP contribution in [0.5, 0.6) is 0 Å². The third-order valence-electron chi connectivity index (χ3n) is 1.74. The second-order valence-electron chi connectivity index (χ2n) is 2.68. The Morgan fingerprint density at radius 1 is 1.17 bits per heavy atom. The van der Waals surface area contributed by atoms with Gasteiger partial charge in [0.1, 0.15) is 0 Å². The molecular formula is C10H9NS. The first-order valence-corrected chi connectivity index (χ1v) is 4.70. The zero-order valence-corrected chi connectivity index (χ0v) is 7.64. The molecule has 0 aromatic carbocycles. The maximum atomic E-state index is 3.98. The third-order valence-corrected chi connectivity index (χ3v) is 2.61. The van der Waals surface area contributed by atoms with E-state index in [0.29, 0.717) is 0 Å². The minimum Gasteiger partial charge on any atom is -0.265 e. The molecule has 0 bridgehead atoms. The second kappa shape index (κ2) is 3.07. The van der Waals surface area contributed by atoms with E-state index in [1.54, 1.807) is 11.3 Å². The standard InChI is InChI=1S/C10H9NS/c1-8-6-10(7-12-8)9-2-4-11-5-3-9/h2-7H,1H3. The highest BCUT2D eigenvalue weighted by Crippen LogP contribution is 2.23. The molecule has 0 aliphatic heterocycles. The Bertz CT molecular complexity index is 364. The maximum Gasteiger partial charge on any atom is 0.0273 e. The first-order chi connectivity index (χ1) is 5.86. The Hall–Kier alpha value is -1.15. The summed E-state index contributed by atoms with van der Waals surface area (Å²) in [6.07, 6.45) is 3.64. The topological polar surface area (TPSA) is 12.9 Å². The maximum absolute atomic E-state index is 3.98. The highest BCUT2D eigenvalue weighted by atomic mass is 32.1. The van der Waals surface area contributed by atoms with Crippen molar-refractivity contribution in [3.05, 3.63) is 40.8 Å². The number of rotatable bonds is 1. The normalized spacial score (nSPS) is 10.1. The minimum absolute atomic E-state index is 1.24. The predicted octanol–water partition coefficient (Wildman–Crippen LogP) is 3.12. The molecule has 0 amide bonds. The molecular weight excluding hydrogens is 166 g/mol. The zero-order valence-electron chi connectivity index (χ0n) is 6.82. The van der Waals surface area contributed by atoms with Gasteiger partial charge in [0.2, 0.25) is 0 Å². The van der Waals surface area contributed by atoms with Gasteiger partial charge in [-0.15, -0.1) is 11.3 Å². The summed E-state index contributed by atoms with van der Waals surface area (Å²) < 4.78 is 0. The van der Waals surface area contributed by atoms with Crippen LogP contribution in [0, 0.1) is 6.92 Å². The summed E-state index contributed by atoms with van der Waals surface area (Å²) >= 11 is 1.78. The summed E-state index contributed by atoms with van der Waals surface area (Å²) in [4.78, 5) is 5.33. The van der Waals surface area contributed by atoms with E-state index < -0.39 is 0 Å². The molecule has 0 N–H and O–H groups in total. The van der Waals surface area contributed by atoms with Crippen LogP contribution in [-0.4, -0.2) is 4.98 Å². The van der Waals surface area contributed by atoms with Crippen molar-refractivity contribution < 1.29 is 0 Å². The van der Waals surface area contributed by atoms with E-state index in [1.807, 2.05) is 24.5 Å². The number of aromatic nitrogens is 1. The highest BCUT2D eigenvalue weighted by Gasteiger charge is 1.97. The molecule has 0 saturated heterocycles. The Morgan fingerprint density at radius 3 is 2.50 bits per heavy atom. The molecule has 0 unspecified atom stereocenters. The second-order valence-corrected chi connectivity index (χ2v) is 3.80. The van der Waals surface area contributed by atoms with Crippen molar-refractivity contribution in [2.45, 2.75) is 6.92 Å². The van der Waals surface area contributed by atoms with Crippen LogP contribution >= 0.6 is 11.3 Å². The molecule has 12 heavy (non-hydrogen) atoms. The van der Waals surface area contributed by atoms with E-state index in [0.717, 1.165) is 0 Å². The lowest BCUT2D eigenvalue weighted by Gasteiger charge is -1.93. The van der Waals surface area contributed by atoms with Gasteiger partial charge in [0.15, 0.2) is 0 Å². The molecule has 2 heterocycles. The number of hydrogen-bond acceptors (Lipinski definition) is 2. The van der Waals surface area contributed by atoms with E-state index in [9.17, 15) is 0 Å². The zero-order chi connectivity index (χ0) is 8.39. The van der Waals surface area contributed by atoms with E-state index in [2.05, 4.69) is 23.4 Å². The van der Waals surface area contributed by atoms with Gasteiger partial charge in [0.25, 0.3) is 0 Å². The van der Waals surface area contributed by atoms with Gasteiger partial charge in [-0.3, -0.25) is 4.98 Å². The molecule has 0 atom stereocenters. The van der Waals surface area contributed by atoms with Crippen LogP contribution in [0.3, 0.4) is 0 Å². The Labute approximate surface area is 75.7 Å². The smallest absolute Gasteiger partial charge is 0.0273 e. The van der Waals surface area contributed by atoms with Crippen LogP contribution < -0.4 is 0 Å². The molecule has 0 radical (unpaired) electrons. The minimum atomic E-state index is 1.24. The van der Waals surface area contributed by atoms with Gasteiger partial charge < -0.3 is 0 Å². The highest BCUT2D eigenvalue weighted by molar-refractivity contribution is 7.10. The van der Waals surface area contributed by atoms with Gasteiger partial charge in [-0.05, 0) is 41.6 Å². The fourth-order valence-corrected chi connectivity index (χ4v) is 1.85. The van der Waals surface area contributed by atoms with Crippen molar-refractivity contribution in [1.29, 1.82) is 0 Å². The van der Waals surface area contributed by atoms with Gasteiger partial charge in [-0.25, -0.2) is 0 Å². The summed E-state index contributed by atoms with van der Waals surface area (Å²) in [6.45, 7) is 2.12. The Morgan fingerprint density at radius 2 is 1.92 bits per heavy atom. The number of nitrogens with zero attached hydrogens (tertiary/aromatic N) is 1. The van der Waals surface area contributed by atoms with Crippen LogP contribution in [0.25, 0.3) is 11.1 Å². The van der Waals surface area contributed by atoms with Gasteiger partial charge in [0, 0.05) is 17.3 Å². The lowest BCUT2D eigenvalue weighted by molar-refractivity contribution is 1.33. The first-order valence-electron chi connectivity index (χ1n) is 3.82. The van der Waals surface area contributed by atoms with Gasteiger partial charge in [-0.1, -0.05) is 0 Å². The van der Waals surface area contributed by atoms with Gasteiger partial charge >= 0.3 is 0 Å². The van der Waals surface area contributed by atoms with Crippen LogP contribution in [-0.2, 0) is 0 Å². The molecule has 2 aromatic heterocycles.